The summed E-state index contributed by atoms with van der Waals surface area (Å²) in [4.78, 5) is 23.7. The Hall–Kier alpha value is -1.81. The van der Waals surface area contributed by atoms with Crippen LogP contribution in [0, 0.1) is 5.92 Å². The van der Waals surface area contributed by atoms with Crippen LogP contribution in [0.1, 0.15) is 26.2 Å². The Kier molecular flexibility index (Phi) is 5.39. The lowest BCUT2D eigenvalue weighted by Gasteiger charge is -2.15. The fourth-order valence-electron chi connectivity index (χ4n) is 2.19. The van der Waals surface area contributed by atoms with E-state index in [1.54, 1.807) is 31.2 Å². The lowest BCUT2D eigenvalue weighted by molar-refractivity contribution is -0.153. The maximum absolute atomic E-state index is 12.0. The standard InChI is InChI=1S/C16H18ClNO3/c1-11(21-15(19)9-12-5-2-3-6-12)16(20)18-14-8-4-7-13(17)10-14/h2,4-5,7-8,10-12H,3,6,9H2,1H3,(H,18,20)/t11-,12+/m0/s1. The summed E-state index contributed by atoms with van der Waals surface area (Å²) < 4.78 is 5.16. The van der Waals surface area contributed by atoms with Gasteiger partial charge >= 0.3 is 5.97 Å². The molecule has 0 saturated heterocycles. The zero-order valence-corrected chi connectivity index (χ0v) is 12.6. The van der Waals surface area contributed by atoms with E-state index < -0.39 is 6.10 Å². The number of allylic oxidation sites excluding steroid dienone is 2. The number of amides is 1. The fourth-order valence-corrected chi connectivity index (χ4v) is 2.38. The topological polar surface area (TPSA) is 55.4 Å². The molecule has 1 aromatic carbocycles. The molecule has 112 valence electrons. The van der Waals surface area contributed by atoms with Crippen LogP contribution < -0.4 is 5.32 Å². The number of carbonyl (C=O) groups excluding carboxylic acids is 2. The van der Waals surface area contributed by atoms with Crippen molar-refractivity contribution >= 4 is 29.2 Å². The highest BCUT2D eigenvalue weighted by molar-refractivity contribution is 6.30. The number of hydrogen-bond acceptors (Lipinski definition) is 3. The monoisotopic (exact) mass is 307 g/mol. The van der Waals surface area contributed by atoms with Gasteiger partial charge in [0.2, 0.25) is 0 Å². The van der Waals surface area contributed by atoms with Crippen molar-refractivity contribution in [3.63, 3.8) is 0 Å². The minimum atomic E-state index is -0.832. The zero-order chi connectivity index (χ0) is 15.2. The maximum atomic E-state index is 12.0. The molecule has 0 unspecified atom stereocenters. The lowest BCUT2D eigenvalue weighted by Crippen LogP contribution is -2.30. The molecular formula is C16H18ClNO3. The van der Waals surface area contributed by atoms with Crippen LogP contribution in [0.25, 0.3) is 0 Å². The molecule has 4 nitrogen and oxygen atoms in total. The van der Waals surface area contributed by atoms with Crippen molar-refractivity contribution in [1.82, 2.24) is 0 Å². The second-order valence-corrected chi connectivity index (χ2v) is 5.54. The van der Waals surface area contributed by atoms with Crippen molar-refractivity contribution in [2.45, 2.75) is 32.3 Å². The zero-order valence-electron chi connectivity index (χ0n) is 11.8. The first kappa shape index (κ1) is 15.6. The summed E-state index contributed by atoms with van der Waals surface area (Å²) >= 11 is 5.84. The van der Waals surface area contributed by atoms with Gasteiger partial charge < -0.3 is 10.1 Å². The summed E-state index contributed by atoms with van der Waals surface area (Å²) in [7, 11) is 0. The third-order valence-electron chi connectivity index (χ3n) is 3.31. The van der Waals surface area contributed by atoms with E-state index in [-0.39, 0.29) is 17.8 Å². The molecule has 1 aliphatic carbocycles. The van der Waals surface area contributed by atoms with E-state index >= 15 is 0 Å². The minimum Gasteiger partial charge on any atom is -0.453 e. The molecule has 1 aromatic rings. The molecule has 1 amide bonds. The Morgan fingerprint density at radius 3 is 2.95 bits per heavy atom. The fraction of sp³-hybridized carbons (Fsp3) is 0.375. The maximum Gasteiger partial charge on any atom is 0.307 e. The molecule has 5 heteroatoms. The Morgan fingerprint density at radius 2 is 2.29 bits per heavy atom. The average molecular weight is 308 g/mol. The molecule has 21 heavy (non-hydrogen) atoms. The number of esters is 1. The van der Waals surface area contributed by atoms with Crippen molar-refractivity contribution in [1.29, 1.82) is 0 Å². The van der Waals surface area contributed by atoms with Crippen LogP contribution in [0.2, 0.25) is 5.02 Å². The number of ether oxygens (including phenoxy) is 1. The molecule has 0 saturated carbocycles. The predicted octanol–water partition coefficient (Wildman–Crippen LogP) is 3.57. The smallest absolute Gasteiger partial charge is 0.307 e. The highest BCUT2D eigenvalue weighted by atomic mass is 35.5. The van der Waals surface area contributed by atoms with Gasteiger partial charge in [-0.05, 0) is 43.9 Å². The normalized spacial score (nSPS) is 18.3. The van der Waals surface area contributed by atoms with E-state index in [9.17, 15) is 9.59 Å². The molecule has 0 bridgehead atoms. The van der Waals surface area contributed by atoms with Gasteiger partial charge in [-0.3, -0.25) is 9.59 Å². The van der Waals surface area contributed by atoms with Crippen LogP contribution in [-0.2, 0) is 14.3 Å². The first-order valence-electron chi connectivity index (χ1n) is 6.97. The summed E-state index contributed by atoms with van der Waals surface area (Å²) in [6.45, 7) is 1.56. The molecule has 2 atom stereocenters. The molecule has 1 N–H and O–H groups in total. The molecule has 1 aliphatic rings. The Balaban J connectivity index is 1.81. The number of rotatable bonds is 5. The number of benzene rings is 1. The van der Waals surface area contributed by atoms with E-state index in [1.165, 1.54) is 0 Å². The van der Waals surface area contributed by atoms with Crippen LogP contribution in [0.5, 0.6) is 0 Å². The van der Waals surface area contributed by atoms with E-state index in [0.29, 0.717) is 17.1 Å². The molecule has 2 rings (SSSR count). The number of halogens is 1. The van der Waals surface area contributed by atoms with Crippen LogP contribution in [0.4, 0.5) is 5.69 Å². The van der Waals surface area contributed by atoms with Gasteiger partial charge in [-0.1, -0.05) is 29.8 Å². The van der Waals surface area contributed by atoms with Gasteiger partial charge in [0.1, 0.15) is 0 Å². The van der Waals surface area contributed by atoms with Crippen LogP contribution >= 0.6 is 11.6 Å². The molecule has 0 aromatic heterocycles. The largest absolute Gasteiger partial charge is 0.453 e. The van der Waals surface area contributed by atoms with Crippen molar-refractivity contribution in [3.8, 4) is 0 Å². The Labute approximate surface area is 129 Å². The lowest BCUT2D eigenvalue weighted by atomic mass is 10.1. The Bertz CT molecular complexity index is 556. The quantitative estimate of drug-likeness (QED) is 0.668. The number of carbonyl (C=O) groups is 2. The number of anilines is 1. The van der Waals surface area contributed by atoms with Crippen molar-refractivity contribution in [2.24, 2.45) is 5.92 Å². The third kappa shape index (κ3) is 4.90. The van der Waals surface area contributed by atoms with Crippen molar-refractivity contribution in [3.05, 3.63) is 41.4 Å². The third-order valence-corrected chi connectivity index (χ3v) is 3.55. The summed E-state index contributed by atoms with van der Waals surface area (Å²) in [6, 6.07) is 6.82. The van der Waals surface area contributed by atoms with Crippen LogP contribution in [-0.4, -0.2) is 18.0 Å². The van der Waals surface area contributed by atoms with Gasteiger partial charge in [-0.2, -0.15) is 0 Å². The van der Waals surface area contributed by atoms with Gasteiger partial charge in [-0.25, -0.2) is 0 Å². The van der Waals surface area contributed by atoms with Crippen molar-refractivity contribution < 1.29 is 14.3 Å². The predicted molar refractivity (Wildman–Crippen MR) is 82.1 cm³/mol. The van der Waals surface area contributed by atoms with E-state index in [4.69, 9.17) is 16.3 Å². The SMILES string of the molecule is C[C@H](OC(=O)C[C@@H]1C=CCC1)C(=O)Nc1cccc(Cl)c1. The van der Waals surface area contributed by atoms with E-state index in [2.05, 4.69) is 11.4 Å². The van der Waals surface area contributed by atoms with Crippen molar-refractivity contribution in [2.75, 3.05) is 5.32 Å². The van der Waals surface area contributed by atoms with Gasteiger partial charge in [-0.15, -0.1) is 0 Å². The van der Waals surface area contributed by atoms with Gasteiger partial charge in [0, 0.05) is 10.7 Å². The van der Waals surface area contributed by atoms with Gasteiger partial charge in [0.25, 0.3) is 5.91 Å². The summed E-state index contributed by atoms with van der Waals surface area (Å²) in [5.41, 5.74) is 0.578. The highest BCUT2D eigenvalue weighted by Gasteiger charge is 2.21. The van der Waals surface area contributed by atoms with Crippen LogP contribution in [0.3, 0.4) is 0 Å². The highest BCUT2D eigenvalue weighted by Crippen LogP contribution is 2.21. The first-order valence-corrected chi connectivity index (χ1v) is 7.35. The summed E-state index contributed by atoms with van der Waals surface area (Å²) in [6.07, 6.45) is 5.55. The summed E-state index contributed by atoms with van der Waals surface area (Å²) in [5, 5.41) is 3.20. The van der Waals surface area contributed by atoms with Crippen LogP contribution in [0.15, 0.2) is 36.4 Å². The minimum absolute atomic E-state index is 0.237. The van der Waals surface area contributed by atoms with E-state index in [1.807, 2.05) is 6.08 Å². The first-order chi connectivity index (χ1) is 10.0. The molecule has 0 heterocycles. The van der Waals surface area contributed by atoms with Gasteiger partial charge in [0.05, 0.1) is 6.42 Å². The van der Waals surface area contributed by atoms with Gasteiger partial charge in [0.15, 0.2) is 6.10 Å². The Morgan fingerprint density at radius 1 is 1.48 bits per heavy atom. The second-order valence-electron chi connectivity index (χ2n) is 5.10. The second kappa shape index (κ2) is 7.27. The number of nitrogens with one attached hydrogen (secondary N) is 1. The number of hydrogen-bond donors (Lipinski definition) is 1. The molecule has 0 fully saturated rings. The average Bonchev–Trinajstić information content (AvgIpc) is 2.91. The summed E-state index contributed by atoms with van der Waals surface area (Å²) in [5.74, 6) is -0.478. The molecule has 0 radical (unpaired) electrons. The van der Waals surface area contributed by atoms with E-state index in [0.717, 1.165) is 12.8 Å². The molecular weight excluding hydrogens is 290 g/mol. The molecule has 0 spiro atoms. The molecule has 0 aliphatic heterocycles.